The molecular weight excluding hydrogens is 571 g/mol. The molecule has 0 aliphatic carbocycles. The van der Waals surface area contributed by atoms with Crippen LogP contribution in [0.25, 0.3) is 0 Å². The fourth-order valence-electron chi connectivity index (χ4n) is 3.73. The second-order valence-corrected chi connectivity index (χ2v) is 10.8. The van der Waals surface area contributed by atoms with Crippen molar-refractivity contribution in [2.45, 2.75) is 77.4 Å². The predicted molar refractivity (Wildman–Crippen MR) is 139 cm³/mol. The number of halogens is 5. The number of rotatable bonds is 17. The topological polar surface area (TPSA) is 111 Å². The van der Waals surface area contributed by atoms with E-state index in [1.54, 1.807) is 27.7 Å². The number of esters is 1. The number of amides is 3. The lowest BCUT2D eigenvalue weighted by Gasteiger charge is -2.30. The van der Waals surface area contributed by atoms with Crippen molar-refractivity contribution < 1.29 is 55.3 Å². The molecule has 0 fully saturated rings. The van der Waals surface area contributed by atoms with E-state index in [4.69, 9.17) is 9.47 Å². The van der Waals surface area contributed by atoms with E-state index in [1.165, 1.54) is 12.2 Å². The molecule has 14 heteroatoms. The maximum Gasteiger partial charge on any atom is 0.313 e. The molecule has 0 atom stereocenters. The van der Waals surface area contributed by atoms with E-state index in [0.717, 1.165) is 4.90 Å². The minimum Gasteiger partial charge on any atom is -0.420 e. The standard InChI is InChI=1S/C28H35F5N2O7/c1-27(2,40-14-11-20(39)42-26-24(32)22(30)21(29)23(31)25(26)33)12-15-41-28(3,4)16-34-17(36)8-6-5-7-13-35-18(37)9-10-19(35)38/h9-10H,5-8,11-16H2,1-4H3,(H,34,36). The molecule has 0 saturated heterocycles. The molecule has 0 unspecified atom stereocenters. The summed E-state index contributed by atoms with van der Waals surface area (Å²) in [5.41, 5.74) is -1.53. The Hall–Kier alpha value is -3.39. The van der Waals surface area contributed by atoms with Crippen LogP contribution in [0.1, 0.15) is 66.2 Å². The third kappa shape index (κ3) is 10.5. The summed E-state index contributed by atoms with van der Waals surface area (Å²) in [4.78, 5) is 48.2. The molecule has 1 aliphatic heterocycles. The highest BCUT2D eigenvalue weighted by molar-refractivity contribution is 6.12. The van der Waals surface area contributed by atoms with Gasteiger partial charge in [0.25, 0.3) is 11.8 Å². The van der Waals surface area contributed by atoms with Crippen LogP contribution in [0.2, 0.25) is 0 Å². The number of ether oxygens (including phenoxy) is 3. The summed E-state index contributed by atoms with van der Waals surface area (Å²) in [5.74, 6) is -15.1. The molecule has 0 spiro atoms. The zero-order valence-corrected chi connectivity index (χ0v) is 23.9. The van der Waals surface area contributed by atoms with Gasteiger partial charge in [-0.05, 0) is 47.0 Å². The maximum atomic E-state index is 13.7. The van der Waals surface area contributed by atoms with E-state index in [-0.39, 0.29) is 43.9 Å². The number of carbonyl (C=O) groups excluding carboxylic acids is 4. The van der Waals surface area contributed by atoms with Gasteiger partial charge in [-0.1, -0.05) is 6.42 Å². The number of hydrogen-bond acceptors (Lipinski definition) is 7. The molecule has 1 aromatic rings. The Balaban J connectivity index is 1.63. The molecule has 1 N–H and O–H groups in total. The van der Waals surface area contributed by atoms with Crippen molar-refractivity contribution in [2.24, 2.45) is 0 Å². The first-order chi connectivity index (χ1) is 19.5. The van der Waals surface area contributed by atoms with Crippen LogP contribution in [0, 0.1) is 29.1 Å². The quantitative estimate of drug-likeness (QED) is 0.0537. The fraction of sp³-hybridized carbons (Fsp3) is 0.571. The van der Waals surface area contributed by atoms with Crippen molar-refractivity contribution in [1.82, 2.24) is 10.2 Å². The molecule has 1 aromatic carbocycles. The van der Waals surface area contributed by atoms with Gasteiger partial charge in [0, 0.05) is 31.7 Å². The number of hydrogen-bond donors (Lipinski definition) is 1. The molecule has 1 aliphatic rings. The molecule has 2 rings (SSSR count). The van der Waals surface area contributed by atoms with Gasteiger partial charge in [0.2, 0.25) is 40.7 Å². The lowest BCUT2D eigenvalue weighted by molar-refractivity contribution is -0.138. The highest BCUT2D eigenvalue weighted by atomic mass is 19.2. The normalized spacial score (nSPS) is 13.7. The number of carbonyl (C=O) groups is 4. The van der Waals surface area contributed by atoms with Gasteiger partial charge in [-0.2, -0.15) is 8.78 Å². The largest absolute Gasteiger partial charge is 0.420 e. The summed E-state index contributed by atoms with van der Waals surface area (Å²) >= 11 is 0. The molecule has 9 nitrogen and oxygen atoms in total. The van der Waals surface area contributed by atoms with E-state index in [9.17, 15) is 41.1 Å². The first-order valence-corrected chi connectivity index (χ1v) is 13.3. The van der Waals surface area contributed by atoms with Gasteiger partial charge in [-0.15, -0.1) is 0 Å². The molecule has 0 bridgehead atoms. The number of benzene rings is 1. The molecule has 1 heterocycles. The Kier molecular flexibility index (Phi) is 12.6. The highest BCUT2D eigenvalue weighted by Crippen LogP contribution is 2.29. The molecular formula is C28H35F5N2O7. The van der Waals surface area contributed by atoms with Crippen molar-refractivity contribution >= 4 is 23.7 Å². The zero-order chi connectivity index (χ0) is 31.7. The maximum absolute atomic E-state index is 13.7. The van der Waals surface area contributed by atoms with Gasteiger partial charge in [0.15, 0.2) is 0 Å². The zero-order valence-electron chi connectivity index (χ0n) is 23.9. The highest BCUT2D eigenvalue weighted by Gasteiger charge is 2.29. The molecule has 42 heavy (non-hydrogen) atoms. The molecule has 0 aromatic heterocycles. The summed E-state index contributed by atoms with van der Waals surface area (Å²) in [7, 11) is 0. The number of nitrogens with one attached hydrogen (secondary N) is 1. The minimum absolute atomic E-state index is 0.164. The van der Waals surface area contributed by atoms with Gasteiger partial charge in [0.1, 0.15) is 0 Å². The predicted octanol–water partition coefficient (Wildman–Crippen LogP) is 4.26. The number of nitrogens with zero attached hydrogens (tertiary/aromatic N) is 1. The summed E-state index contributed by atoms with van der Waals surface area (Å²) in [6.45, 7) is 7.48. The lowest BCUT2D eigenvalue weighted by Crippen LogP contribution is -2.41. The Morgan fingerprint density at radius 1 is 0.762 bits per heavy atom. The van der Waals surface area contributed by atoms with Gasteiger partial charge in [-0.3, -0.25) is 24.1 Å². The fourth-order valence-corrected chi connectivity index (χ4v) is 3.73. The van der Waals surface area contributed by atoms with Crippen LogP contribution in [0.4, 0.5) is 22.0 Å². The van der Waals surface area contributed by atoms with Crippen LogP contribution in [-0.4, -0.2) is 66.1 Å². The Morgan fingerprint density at radius 3 is 1.90 bits per heavy atom. The van der Waals surface area contributed by atoms with E-state index in [0.29, 0.717) is 32.2 Å². The number of imide groups is 1. The summed E-state index contributed by atoms with van der Waals surface area (Å²) in [6, 6.07) is 0. The second kappa shape index (κ2) is 15.2. The van der Waals surface area contributed by atoms with E-state index < -0.39 is 58.4 Å². The average molecular weight is 607 g/mol. The van der Waals surface area contributed by atoms with Crippen LogP contribution in [0.5, 0.6) is 5.75 Å². The Labute approximate surface area is 240 Å². The van der Waals surface area contributed by atoms with E-state index in [1.807, 2.05) is 0 Å². The molecule has 0 saturated carbocycles. The van der Waals surface area contributed by atoms with Gasteiger partial charge in [0.05, 0.1) is 30.8 Å². The third-order valence-electron chi connectivity index (χ3n) is 6.28. The average Bonchev–Trinajstić information content (AvgIpc) is 3.23. The number of unbranched alkanes of at least 4 members (excludes halogenated alkanes) is 2. The van der Waals surface area contributed by atoms with Crippen molar-refractivity contribution in [3.05, 3.63) is 41.2 Å². The first kappa shape index (κ1) is 34.8. The van der Waals surface area contributed by atoms with Crippen molar-refractivity contribution in [3.8, 4) is 5.75 Å². The molecule has 0 radical (unpaired) electrons. The summed E-state index contributed by atoms with van der Waals surface area (Å²) in [5, 5.41) is 2.80. The first-order valence-electron chi connectivity index (χ1n) is 13.3. The van der Waals surface area contributed by atoms with Gasteiger partial charge >= 0.3 is 5.97 Å². The second-order valence-electron chi connectivity index (χ2n) is 10.8. The summed E-state index contributed by atoms with van der Waals surface area (Å²) in [6.07, 6.45) is 4.45. The van der Waals surface area contributed by atoms with E-state index in [2.05, 4.69) is 10.1 Å². The minimum atomic E-state index is -2.36. The Morgan fingerprint density at radius 2 is 1.31 bits per heavy atom. The van der Waals surface area contributed by atoms with Crippen molar-refractivity contribution in [2.75, 3.05) is 26.3 Å². The van der Waals surface area contributed by atoms with Crippen molar-refractivity contribution in [3.63, 3.8) is 0 Å². The lowest BCUT2D eigenvalue weighted by atomic mass is 10.1. The molecule has 234 valence electrons. The van der Waals surface area contributed by atoms with Crippen LogP contribution in [0.3, 0.4) is 0 Å². The Bertz CT molecular complexity index is 1160. The molecule has 3 amide bonds. The summed E-state index contributed by atoms with van der Waals surface area (Å²) < 4.78 is 82.8. The van der Waals surface area contributed by atoms with Crippen LogP contribution >= 0.6 is 0 Å². The van der Waals surface area contributed by atoms with Gasteiger partial charge in [-0.25, -0.2) is 13.2 Å². The van der Waals surface area contributed by atoms with Crippen LogP contribution < -0.4 is 10.1 Å². The third-order valence-corrected chi connectivity index (χ3v) is 6.28. The smallest absolute Gasteiger partial charge is 0.313 e. The monoisotopic (exact) mass is 606 g/mol. The van der Waals surface area contributed by atoms with Gasteiger partial charge < -0.3 is 19.5 Å². The SMILES string of the molecule is CC(C)(CCOC(C)(C)CNC(=O)CCCCCN1C(=O)C=CC1=O)OCCC(=O)Oc1c(F)c(F)c(F)c(F)c1F. The van der Waals surface area contributed by atoms with Crippen LogP contribution in [0.15, 0.2) is 12.2 Å². The van der Waals surface area contributed by atoms with Crippen molar-refractivity contribution in [1.29, 1.82) is 0 Å². The van der Waals surface area contributed by atoms with E-state index >= 15 is 0 Å². The van der Waals surface area contributed by atoms with Crippen LogP contribution in [-0.2, 0) is 28.7 Å².